The van der Waals surface area contributed by atoms with Crippen molar-refractivity contribution in [3.8, 4) is 0 Å². The summed E-state index contributed by atoms with van der Waals surface area (Å²) in [6, 6.07) is 0. The van der Waals surface area contributed by atoms with Gasteiger partial charge in [0.15, 0.2) is 0 Å². The molecule has 114 valence electrons. The van der Waals surface area contributed by atoms with Crippen LogP contribution in [0.2, 0.25) is 0 Å². The highest BCUT2D eigenvalue weighted by Gasteiger charge is 2.28. The van der Waals surface area contributed by atoms with E-state index in [9.17, 15) is 8.42 Å². The summed E-state index contributed by atoms with van der Waals surface area (Å²) in [5.41, 5.74) is 0. The third-order valence-corrected chi connectivity index (χ3v) is 5.22. The fraction of sp³-hybridized carbons (Fsp3) is 1.00. The summed E-state index contributed by atoms with van der Waals surface area (Å²) in [5, 5.41) is 3.15. The second-order valence-corrected chi connectivity index (χ2v) is 7.10. The molecule has 1 heterocycles. The van der Waals surface area contributed by atoms with E-state index in [1.54, 1.807) is 4.31 Å². The summed E-state index contributed by atoms with van der Waals surface area (Å²) < 4.78 is 31.7. The van der Waals surface area contributed by atoms with Crippen LogP contribution in [-0.2, 0) is 14.8 Å². The summed E-state index contributed by atoms with van der Waals surface area (Å²) >= 11 is 0. The molecule has 1 aliphatic heterocycles. The lowest BCUT2D eigenvalue weighted by atomic mass is 10.1. The number of ether oxygens (including phenoxy) is 1. The van der Waals surface area contributed by atoms with Crippen LogP contribution in [0.4, 0.5) is 0 Å². The molecule has 0 aromatic heterocycles. The van der Waals surface area contributed by atoms with Gasteiger partial charge in [-0.1, -0.05) is 13.8 Å². The lowest BCUT2D eigenvalue weighted by molar-refractivity contribution is 0.0193. The van der Waals surface area contributed by atoms with Crippen molar-refractivity contribution in [1.29, 1.82) is 0 Å². The van der Waals surface area contributed by atoms with Gasteiger partial charge in [-0.15, -0.1) is 0 Å². The van der Waals surface area contributed by atoms with Crippen LogP contribution in [0.3, 0.4) is 0 Å². The molecule has 0 saturated carbocycles. The van der Waals surface area contributed by atoms with Crippen LogP contribution in [-0.4, -0.2) is 57.4 Å². The zero-order chi connectivity index (χ0) is 14.1. The lowest BCUT2D eigenvalue weighted by Gasteiger charge is -2.31. The lowest BCUT2D eigenvalue weighted by Crippen LogP contribution is -2.44. The molecule has 0 amide bonds. The molecule has 1 rings (SSSR count). The molecule has 1 saturated heterocycles. The third-order valence-electron chi connectivity index (χ3n) is 3.30. The molecule has 19 heavy (non-hydrogen) atoms. The molecule has 0 aromatic carbocycles. The van der Waals surface area contributed by atoms with Crippen molar-refractivity contribution in [2.24, 2.45) is 0 Å². The van der Waals surface area contributed by atoms with Gasteiger partial charge in [0.05, 0.1) is 11.9 Å². The van der Waals surface area contributed by atoms with Crippen molar-refractivity contribution in [1.82, 2.24) is 9.62 Å². The zero-order valence-corrected chi connectivity index (χ0v) is 13.0. The standard InChI is InChI=1S/C13H28N2O3S/c1-3-10-18-13-7-5-9-15(12-13)19(16,17)11-6-8-14-4-2/h13-14H,3-12H2,1-2H3. The van der Waals surface area contributed by atoms with E-state index in [0.717, 1.165) is 39.0 Å². The molecule has 1 atom stereocenters. The number of piperidine rings is 1. The first-order valence-corrected chi connectivity index (χ1v) is 9.01. The third kappa shape index (κ3) is 6.21. The first kappa shape index (κ1) is 16.9. The maximum Gasteiger partial charge on any atom is 0.214 e. The number of hydrogen-bond acceptors (Lipinski definition) is 4. The average molecular weight is 292 g/mol. The zero-order valence-electron chi connectivity index (χ0n) is 12.2. The monoisotopic (exact) mass is 292 g/mol. The summed E-state index contributed by atoms with van der Waals surface area (Å²) in [4.78, 5) is 0. The van der Waals surface area contributed by atoms with Crippen molar-refractivity contribution in [3.63, 3.8) is 0 Å². The van der Waals surface area contributed by atoms with Gasteiger partial charge in [-0.05, 0) is 38.8 Å². The van der Waals surface area contributed by atoms with Gasteiger partial charge in [0.2, 0.25) is 10.0 Å². The first-order chi connectivity index (χ1) is 9.10. The van der Waals surface area contributed by atoms with Crippen LogP contribution >= 0.6 is 0 Å². The van der Waals surface area contributed by atoms with Crippen molar-refractivity contribution in [2.45, 2.75) is 45.6 Å². The summed E-state index contributed by atoms with van der Waals surface area (Å²) in [7, 11) is -3.11. The highest BCUT2D eigenvalue weighted by Crippen LogP contribution is 2.17. The van der Waals surface area contributed by atoms with E-state index in [-0.39, 0.29) is 11.9 Å². The molecule has 1 unspecified atom stereocenters. The molecular weight excluding hydrogens is 264 g/mol. The molecule has 1 fully saturated rings. The average Bonchev–Trinajstić information content (AvgIpc) is 2.42. The van der Waals surface area contributed by atoms with E-state index in [1.807, 2.05) is 6.92 Å². The number of nitrogens with one attached hydrogen (secondary N) is 1. The molecule has 0 spiro atoms. The normalized spacial score (nSPS) is 21.7. The number of rotatable bonds is 9. The van der Waals surface area contributed by atoms with Gasteiger partial charge in [-0.2, -0.15) is 4.31 Å². The minimum absolute atomic E-state index is 0.0808. The maximum atomic E-state index is 12.2. The Morgan fingerprint density at radius 2 is 2.16 bits per heavy atom. The summed E-state index contributed by atoms with van der Waals surface area (Å²) in [6.45, 7) is 7.64. The Balaban J connectivity index is 2.39. The van der Waals surface area contributed by atoms with Gasteiger partial charge in [0.25, 0.3) is 0 Å². The molecule has 0 bridgehead atoms. The van der Waals surface area contributed by atoms with Crippen molar-refractivity contribution in [2.75, 3.05) is 38.5 Å². The van der Waals surface area contributed by atoms with Gasteiger partial charge >= 0.3 is 0 Å². The highest BCUT2D eigenvalue weighted by atomic mass is 32.2. The van der Waals surface area contributed by atoms with Gasteiger partial charge in [-0.25, -0.2) is 8.42 Å². The van der Waals surface area contributed by atoms with E-state index >= 15 is 0 Å². The second-order valence-electron chi connectivity index (χ2n) is 5.02. The molecule has 1 N–H and O–H groups in total. The Hall–Kier alpha value is -0.170. The fourth-order valence-electron chi connectivity index (χ4n) is 2.26. The predicted molar refractivity (Wildman–Crippen MR) is 77.8 cm³/mol. The Morgan fingerprint density at radius 1 is 1.37 bits per heavy atom. The second kappa shape index (κ2) is 8.89. The van der Waals surface area contributed by atoms with Crippen molar-refractivity contribution in [3.05, 3.63) is 0 Å². The van der Waals surface area contributed by atoms with Gasteiger partial charge in [0, 0.05) is 19.7 Å². The van der Waals surface area contributed by atoms with Crippen molar-refractivity contribution < 1.29 is 13.2 Å². The minimum atomic E-state index is -3.11. The SMILES string of the molecule is CCCOC1CCCN(S(=O)(=O)CCCNCC)C1. The van der Waals surface area contributed by atoms with Crippen LogP contribution in [0.15, 0.2) is 0 Å². The van der Waals surface area contributed by atoms with Crippen molar-refractivity contribution >= 4 is 10.0 Å². The van der Waals surface area contributed by atoms with E-state index < -0.39 is 10.0 Å². The molecule has 6 heteroatoms. The molecule has 0 radical (unpaired) electrons. The van der Waals surface area contributed by atoms with E-state index in [1.165, 1.54) is 0 Å². The maximum absolute atomic E-state index is 12.2. The molecule has 5 nitrogen and oxygen atoms in total. The predicted octanol–water partition coefficient (Wildman–Crippen LogP) is 1.21. The Bertz CT molecular complexity index is 333. The largest absolute Gasteiger partial charge is 0.377 e. The summed E-state index contributed by atoms with van der Waals surface area (Å²) in [5.74, 6) is 0.237. The number of hydrogen-bond donors (Lipinski definition) is 1. The van der Waals surface area contributed by atoms with Crippen LogP contribution < -0.4 is 5.32 Å². The van der Waals surface area contributed by atoms with Crippen LogP contribution in [0, 0.1) is 0 Å². The van der Waals surface area contributed by atoms with Crippen LogP contribution in [0.25, 0.3) is 0 Å². The highest BCUT2D eigenvalue weighted by molar-refractivity contribution is 7.89. The number of sulfonamides is 1. The first-order valence-electron chi connectivity index (χ1n) is 7.40. The molecular formula is C13H28N2O3S. The number of nitrogens with zero attached hydrogens (tertiary/aromatic N) is 1. The Labute approximate surface area is 117 Å². The topological polar surface area (TPSA) is 58.6 Å². The van der Waals surface area contributed by atoms with E-state index in [2.05, 4.69) is 12.2 Å². The smallest absolute Gasteiger partial charge is 0.214 e. The van der Waals surface area contributed by atoms with Gasteiger partial charge in [0.1, 0.15) is 0 Å². The Kier molecular flexibility index (Phi) is 7.90. The van der Waals surface area contributed by atoms with E-state index in [0.29, 0.717) is 19.5 Å². The molecule has 0 aliphatic carbocycles. The summed E-state index contributed by atoms with van der Waals surface area (Å²) in [6.07, 6.45) is 3.61. The van der Waals surface area contributed by atoms with Gasteiger partial charge in [-0.3, -0.25) is 0 Å². The molecule has 0 aromatic rings. The fourth-order valence-corrected chi connectivity index (χ4v) is 3.83. The van der Waals surface area contributed by atoms with E-state index in [4.69, 9.17) is 4.74 Å². The van der Waals surface area contributed by atoms with Crippen LogP contribution in [0.5, 0.6) is 0 Å². The quantitative estimate of drug-likeness (QED) is 0.649. The van der Waals surface area contributed by atoms with Crippen LogP contribution in [0.1, 0.15) is 39.5 Å². The minimum Gasteiger partial charge on any atom is -0.377 e. The van der Waals surface area contributed by atoms with Gasteiger partial charge < -0.3 is 10.1 Å². The Morgan fingerprint density at radius 3 is 2.84 bits per heavy atom. The molecule has 1 aliphatic rings.